The molecule has 0 aliphatic carbocycles. The van der Waals surface area contributed by atoms with Crippen LogP contribution in [0.25, 0.3) is 0 Å². The summed E-state index contributed by atoms with van der Waals surface area (Å²) in [5, 5.41) is 3.23. The number of nitrogens with one attached hydrogen (secondary N) is 1. The Balaban J connectivity index is 1.66. The second-order valence-corrected chi connectivity index (χ2v) is 7.66. The van der Waals surface area contributed by atoms with Crippen molar-refractivity contribution in [2.45, 2.75) is 44.2 Å². The van der Waals surface area contributed by atoms with E-state index in [1.807, 2.05) is 24.3 Å². The molecule has 2 aliphatic rings. The van der Waals surface area contributed by atoms with Gasteiger partial charge in [0.15, 0.2) is 0 Å². The van der Waals surface area contributed by atoms with E-state index < -0.39 is 0 Å². The third-order valence-corrected chi connectivity index (χ3v) is 5.97. The van der Waals surface area contributed by atoms with E-state index in [2.05, 4.69) is 22.2 Å². The van der Waals surface area contributed by atoms with Crippen molar-refractivity contribution in [3.05, 3.63) is 35.4 Å². The Morgan fingerprint density at radius 1 is 1.08 bits per heavy atom. The van der Waals surface area contributed by atoms with Gasteiger partial charge in [-0.3, -0.25) is 9.69 Å². The van der Waals surface area contributed by atoms with Gasteiger partial charge in [-0.15, -0.1) is 0 Å². The summed E-state index contributed by atoms with van der Waals surface area (Å²) in [6.07, 6.45) is 6.18. The molecule has 2 fully saturated rings. The minimum absolute atomic E-state index is 0.0267. The Morgan fingerprint density at radius 3 is 2.32 bits per heavy atom. The summed E-state index contributed by atoms with van der Waals surface area (Å²) < 4.78 is 0. The number of amides is 1. The first-order chi connectivity index (χ1) is 12.1. The number of piperidine rings is 2. The maximum absolute atomic E-state index is 12.6. The average molecular weight is 345 g/mol. The van der Waals surface area contributed by atoms with Gasteiger partial charge in [0.25, 0.3) is 5.91 Å². The predicted octanol–water partition coefficient (Wildman–Crippen LogP) is 1.83. The standard InChI is InChI=1S/C20H32N4O/c1-23-13-9-20(10-14-23,24-11-3-2-4-12-24)16-22-19(25)18-7-5-17(15-21)6-8-18/h5-8H,2-4,9-16,21H2,1H3,(H,22,25). The monoisotopic (exact) mass is 344 g/mol. The Labute approximate surface area is 151 Å². The minimum Gasteiger partial charge on any atom is -0.350 e. The molecule has 5 heteroatoms. The summed E-state index contributed by atoms with van der Waals surface area (Å²) >= 11 is 0. The Hall–Kier alpha value is -1.43. The molecule has 2 saturated heterocycles. The zero-order valence-corrected chi connectivity index (χ0v) is 15.5. The molecule has 2 heterocycles. The smallest absolute Gasteiger partial charge is 0.251 e. The number of hydrogen-bond acceptors (Lipinski definition) is 4. The molecule has 0 bridgehead atoms. The molecule has 1 aromatic rings. The van der Waals surface area contributed by atoms with Crippen molar-refractivity contribution >= 4 is 5.91 Å². The van der Waals surface area contributed by atoms with Gasteiger partial charge in [0, 0.05) is 24.2 Å². The summed E-state index contributed by atoms with van der Waals surface area (Å²) in [7, 11) is 2.19. The molecular formula is C20H32N4O. The normalized spacial score (nSPS) is 21.8. The first-order valence-electron chi connectivity index (χ1n) is 9.64. The van der Waals surface area contributed by atoms with Crippen molar-refractivity contribution in [2.24, 2.45) is 5.73 Å². The number of hydrogen-bond donors (Lipinski definition) is 2. The Bertz CT molecular complexity index is 558. The van der Waals surface area contributed by atoms with Crippen LogP contribution in [0.15, 0.2) is 24.3 Å². The van der Waals surface area contributed by atoms with Crippen LogP contribution in [-0.2, 0) is 6.54 Å². The summed E-state index contributed by atoms with van der Waals surface area (Å²) in [4.78, 5) is 17.7. The lowest BCUT2D eigenvalue weighted by molar-refractivity contribution is 0.0145. The SMILES string of the molecule is CN1CCC(CNC(=O)c2ccc(CN)cc2)(N2CCCCC2)CC1. The van der Waals surface area contributed by atoms with Gasteiger partial charge >= 0.3 is 0 Å². The maximum Gasteiger partial charge on any atom is 0.251 e. The van der Waals surface area contributed by atoms with Gasteiger partial charge in [0.2, 0.25) is 0 Å². The molecule has 0 atom stereocenters. The summed E-state index contributed by atoms with van der Waals surface area (Å²) in [6, 6.07) is 7.62. The first-order valence-corrected chi connectivity index (χ1v) is 9.64. The van der Waals surface area contributed by atoms with E-state index >= 15 is 0 Å². The molecule has 25 heavy (non-hydrogen) atoms. The second-order valence-electron chi connectivity index (χ2n) is 7.66. The fraction of sp³-hybridized carbons (Fsp3) is 0.650. The van der Waals surface area contributed by atoms with E-state index in [4.69, 9.17) is 5.73 Å². The van der Waals surface area contributed by atoms with E-state index in [-0.39, 0.29) is 11.4 Å². The number of nitrogens with two attached hydrogens (primary N) is 1. The molecule has 138 valence electrons. The maximum atomic E-state index is 12.6. The van der Waals surface area contributed by atoms with E-state index in [1.165, 1.54) is 32.4 Å². The van der Waals surface area contributed by atoms with Gasteiger partial charge in [-0.1, -0.05) is 18.6 Å². The highest BCUT2D eigenvalue weighted by atomic mass is 16.1. The van der Waals surface area contributed by atoms with Crippen molar-refractivity contribution in [1.29, 1.82) is 0 Å². The molecule has 0 aromatic heterocycles. The molecule has 3 rings (SSSR count). The van der Waals surface area contributed by atoms with Crippen LogP contribution >= 0.6 is 0 Å². The second kappa shape index (κ2) is 8.30. The molecule has 2 aliphatic heterocycles. The van der Waals surface area contributed by atoms with Crippen molar-refractivity contribution < 1.29 is 4.79 Å². The number of likely N-dealkylation sites (tertiary alicyclic amines) is 2. The van der Waals surface area contributed by atoms with E-state index in [9.17, 15) is 4.79 Å². The zero-order chi connectivity index (χ0) is 17.7. The molecule has 0 radical (unpaired) electrons. The first kappa shape index (κ1) is 18.4. The highest BCUT2D eigenvalue weighted by molar-refractivity contribution is 5.94. The number of nitrogens with zero attached hydrogens (tertiary/aromatic N) is 2. The molecule has 0 spiro atoms. The lowest BCUT2D eigenvalue weighted by Gasteiger charge is -2.50. The van der Waals surface area contributed by atoms with Crippen molar-refractivity contribution in [3.63, 3.8) is 0 Å². The summed E-state index contributed by atoms with van der Waals surface area (Å²) in [5.41, 5.74) is 7.53. The van der Waals surface area contributed by atoms with Crippen LogP contribution in [0.4, 0.5) is 0 Å². The fourth-order valence-electron chi connectivity index (χ4n) is 4.15. The molecular weight excluding hydrogens is 312 g/mol. The van der Waals surface area contributed by atoms with Gasteiger partial charge in [-0.2, -0.15) is 0 Å². The van der Waals surface area contributed by atoms with Crippen LogP contribution in [0.5, 0.6) is 0 Å². The third kappa shape index (κ3) is 4.40. The average Bonchev–Trinajstić information content (AvgIpc) is 2.68. The number of carbonyl (C=O) groups excluding carboxylic acids is 1. The molecule has 5 nitrogen and oxygen atoms in total. The molecule has 1 amide bonds. The lowest BCUT2D eigenvalue weighted by atomic mass is 9.84. The largest absolute Gasteiger partial charge is 0.350 e. The van der Waals surface area contributed by atoms with Gasteiger partial charge < -0.3 is 16.0 Å². The topological polar surface area (TPSA) is 61.6 Å². The van der Waals surface area contributed by atoms with Crippen LogP contribution in [0.3, 0.4) is 0 Å². The fourth-order valence-corrected chi connectivity index (χ4v) is 4.15. The molecule has 0 unspecified atom stereocenters. The van der Waals surface area contributed by atoms with Crippen LogP contribution in [0, 0.1) is 0 Å². The molecule has 3 N–H and O–H groups in total. The quantitative estimate of drug-likeness (QED) is 0.855. The summed E-state index contributed by atoms with van der Waals surface area (Å²) in [6.45, 7) is 5.82. The van der Waals surface area contributed by atoms with Crippen LogP contribution in [0.2, 0.25) is 0 Å². The van der Waals surface area contributed by atoms with Gasteiger partial charge in [0.05, 0.1) is 0 Å². The highest BCUT2D eigenvalue weighted by Gasteiger charge is 2.39. The van der Waals surface area contributed by atoms with Crippen molar-refractivity contribution in [2.75, 3.05) is 39.8 Å². The predicted molar refractivity (Wildman–Crippen MR) is 102 cm³/mol. The van der Waals surface area contributed by atoms with Crippen molar-refractivity contribution in [1.82, 2.24) is 15.1 Å². The Kier molecular flexibility index (Phi) is 6.10. The van der Waals surface area contributed by atoms with Gasteiger partial charge in [-0.25, -0.2) is 0 Å². The lowest BCUT2D eigenvalue weighted by Crippen LogP contribution is -2.61. The van der Waals surface area contributed by atoms with E-state index in [0.717, 1.165) is 43.6 Å². The van der Waals surface area contributed by atoms with Gasteiger partial charge in [0.1, 0.15) is 0 Å². The number of benzene rings is 1. The number of carbonyl (C=O) groups is 1. The van der Waals surface area contributed by atoms with Crippen LogP contribution in [-0.4, -0.2) is 61.0 Å². The van der Waals surface area contributed by atoms with Crippen LogP contribution in [0.1, 0.15) is 48.0 Å². The Morgan fingerprint density at radius 2 is 1.72 bits per heavy atom. The highest BCUT2D eigenvalue weighted by Crippen LogP contribution is 2.31. The minimum atomic E-state index is 0.0267. The van der Waals surface area contributed by atoms with Crippen LogP contribution < -0.4 is 11.1 Å². The van der Waals surface area contributed by atoms with Gasteiger partial charge in [-0.05, 0) is 76.6 Å². The third-order valence-electron chi connectivity index (χ3n) is 5.97. The van der Waals surface area contributed by atoms with E-state index in [0.29, 0.717) is 6.54 Å². The zero-order valence-electron chi connectivity index (χ0n) is 15.5. The molecule has 1 aromatic carbocycles. The molecule has 0 saturated carbocycles. The summed E-state index contributed by atoms with van der Waals surface area (Å²) in [5.74, 6) is 0.0267. The van der Waals surface area contributed by atoms with Crippen molar-refractivity contribution in [3.8, 4) is 0 Å². The number of rotatable bonds is 5. The van der Waals surface area contributed by atoms with E-state index in [1.54, 1.807) is 0 Å².